The molecule has 2 amide bonds. The van der Waals surface area contributed by atoms with Gasteiger partial charge in [0.05, 0.1) is 12.1 Å². The first-order chi connectivity index (χ1) is 7.15. The standard InChI is InChI=1S/C10H19N3O2/c1-12-4-3-10(7-12)8-13(5-6-15-2)9(14)11-10/h3-8H2,1-2H3,(H,11,14). The Morgan fingerprint density at radius 1 is 1.53 bits per heavy atom. The van der Waals surface area contributed by atoms with E-state index >= 15 is 0 Å². The highest BCUT2D eigenvalue weighted by Gasteiger charge is 2.45. The Labute approximate surface area is 90.4 Å². The Balaban J connectivity index is 1.94. The van der Waals surface area contributed by atoms with Crippen LogP contribution in [0.3, 0.4) is 0 Å². The highest BCUT2D eigenvalue weighted by Crippen LogP contribution is 2.25. The average molecular weight is 213 g/mol. The molecule has 5 heteroatoms. The van der Waals surface area contributed by atoms with E-state index in [-0.39, 0.29) is 11.6 Å². The largest absolute Gasteiger partial charge is 0.383 e. The number of likely N-dealkylation sites (tertiary alicyclic amines) is 1. The highest BCUT2D eigenvalue weighted by atomic mass is 16.5. The summed E-state index contributed by atoms with van der Waals surface area (Å²) in [5.41, 5.74) is -0.000422. The summed E-state index contributed by atoms with van der Waals surface area (Å²) in [6.45, 7) is 4.15. The minimum atomic E-state index is -0.000422. The second kappa shape index (κ2) is 3.98. The fourth-order valence-electron chi connectivity index (χ4n) is 2.48. The van der Waals surface area contributed by atoms with Gasteiger partial charge in [-0.25, -0.2) is 4.79 Å². The SMILES string of the molecule is COCCN1CC2(CCN(C)C2)NC1=O. The number of amides is 2. The van der Waals surface area contributed by atoms with Crippen molar-refractivity contribution in [3.8, 4) is 0 Å². The molecule has 0 bridgehead atoms. The zero-order valence-corrected chi connectivity index (χ0v) is 9.45. The normalized spacial score (nSPS) is 31.6. The predicted molar refractivity (Wildman–Crippen MR) is 56.8 cm³/mol. The summed E-state index contributed by atoms with van der Waals surface area (Å²) in [5.74, 6) is 0. The van der Waals surface area contributed by atoms with E-state index in [1.807, 2.05) is 4.90 Å². The molecule has 0 aromatic carbocycles. The lowest BCUT2D eigenvalue weighted by Crippen LogP contribution is -2.45. The molecule has 2 heterocycles. The Morgan fingerprint density at radius 3 is 2.93 bits per heavy atom. The van der Waals surface area contributed by atoms with E-state index < -0.39 is 0 Å². The molecule has 0 saturated carbocycles. The Kier molecular flexibility index (Phi) is 2.84. The Hall–Kier alpha value is -0.810. The third-order valence-electron chi connectivity index (χ3n) is 3.26. The van der Waals surface area contributed by atoms with Gasteiger partial charge in [-0.1, -0.05) is 0 Å². The molecule has 2 rings (SSSR count). The molecule has 2 aliphatic heterocycles. The van der Waals surface area contributed by atoms with Crippen LogP contribution in [0, 0.1) is 0 Å². The molecular weight excluding hydrogens is 194 g/mol. The monoisotopic (exact) mass is 213 g/mol. The van der Waals surface area contributed by atoms with Crippen LogP contribution in [0.5, 0.6) is 0 Å². The van der Waals surface area contributed by atoms with Gasteiger partial charge in [-0.05, 0) is 13.5 Å². The van der Waals surface area contributed by atoms with Crippen LogP contribution in [0.25, 0.3) is 0 Å². The summed E-state index contributed by atoms with van der Waals surface area (Å²) in [4.78, 5) is 15.8. The maximum absolute atomic E-state index is 11.7. The number of methoxy groups -OCH3 is 1. The van der Waals surface area contributed by atoms with Crippen LogP contribution in [0.4, 0.5) is 4.79 Å². The van der Waals surface area contributed by atoms with Crippen LogP contribution in [0.1, 0.15) is 6.42 Å². The van der Waals surface area contributed by atoms with E-state index in [4.69, 9.17) is 4.74 Å². The summed E-state index contributed by atoms with van der Waals surface area (Å²) >= 11 is 0. The molecule has 0 aliphatic carbocycles. The van der Waals surface area contributed by atoms with Gasteiger partial charge in [0.2, 0.25) is 0 Å². The number of likely N-dealkylation sites (N-methyl/N-ethyl adjacent to an activating group) is 1. The summed E-state index contributed by atoms with van der Waals surface area (Å²) in [6.07, 6.45) is 1.05. The highest BCUT2D eigenvalue weighted by molar-refractivity contribution is 5.78. The van der Waals surface area contributed by atoms with E-state index in [0.717, 1.165) is 26.1 Å². The maximum Gasteiger partial charge on any atom is 0.318 e. The third-order valence-corrected chi connectivity index (χ3v) is 3.26. The molecule has 5 nitrogen and oxygen atoms in total. The van der Waals surface area contributed by atoms with Crippen LogP contribution in [-0.2, 0) is 4.74 Å². The van der Waals surface area contributed by atoms with Gasteiger partial charge in [0.25, 0.3) is 0 Å². The van der Waals surface area contributed by atoms with Crippen molar-refractivity contribution >= 4 is 6.03 Å². The van der Waals surface area contributed by atoms with Gasteiger partial charge in [0, 0.05) is 33.3 Å². The molecule has 2 fully saturated rings. The number of urea groups is 1. The number of ether oxygens (including phenoxy) is 1. The Morgan fingerprint density at radius 2 is 2.33 bits per heavy atom. The van der Waals surface area contributed by atoms with Gasteiger partial charge < -0.3 is 19.9 Å². The fourth-order valence-corrected chi connectivity index (χ4v) is 2.48. The van der Waals surface area contributed by atoms with Gasteiger partial charge in [-0.3, -0.25) is 0 Å². The minimum absolute atomic E-state index is 0.000422. The van der Waals surface area contributed by atoms with E-state index in [9.17, 15) is 4.79 Å². The first kappa shape index (κ1) is 10.7. The second-order valence-corrected chi connectivity index (χ2v) is 4.61. The molecule has 15 heavy (non-hydrogen) atoms. The maximum atomic E-state index is 11.7. The predicted octanol–water partition coefficient (Wildman–Crippen LogP) is -0.268. The smallest absolute Gasteiger partial charge is 0.318 e. The topological polar surface area (TPSA) is 44.8 Å². The van der Waals surface area contributed by atoms with Gasteiger partial charge >= 0.3 is 6.03 Å². The lowest BCUT2D eigenvalue weighted by molar-refractivity contribution is 0.159. The number of hydrogen-bond donors (Lipinski definition) is 1. The molecule has 1 atom stereocenters. The van der Waals surface area contributed by atoms with Gasteiger partial charge in [0.15, 0.2) is 0 Å². The first-order valence-corrected chi connectivity index (χ1v) is 5.40. The first-order valence-electron chi connectivity index (χ1n) is 5.40. The second-order valence-electron chi connectivity index (χ2n) is 4.61. The summed E-state index contributed by atoms with van der Waals surface area (Å²) in [7, 11) is 3.76. The summed E-state index contributed by atoms with van der Waals surface area (Å²) in [5, 5.41) is 3.11. The van der Waals surface area contributed by atoms with Crippen molar-refractivity contribution in [1.82, 2.24) is 15.1 Å². The number of carbonyl (C=O) groups is 1. The van der Waals surface area contributed by atoms with Gasteiger partial charge in [-0.2, -0.15) is 0 Å². The summed E-state index contributed by atoms with van der Waals surface area (Å²) < 4.78 is 4.99. The minimum Gasteiger partial charge on any atom is -0.383 e. The van der Waals surface area contributed by atoms with Gasteiger partial charge in [0.1, 0.15) is 0 Å². The quantitative estimate of drug-likeness (QED) is 0.702. The van der Waals surface area contributed by atoms with Crippen LogP contribution in [0.15, 0.2) is 0 Å². The fraction of sp³-hybridized carbons (Fsp3) is 0.900. The molecule has 0 aromatic rings. The van der Waals surface area contributed by atoms with Crippen LogP contribution in [0.2, 0.25) is 0 Å². The van der Waals surface area contributed by atoms with Crippen LogP contribution < -0.4 is 5.32 Å². The van der Waals surface area contributed by atoms with Crippen molar-refractivity contribution in [1.29, 1.82) is 0 Å². The molecule has 2 saturated heterocycles. The zero-order chi connectivity index (χ0) is 10.9. The van der Waals surface area contributed by atoms with E-state index in [2.05, 4.69) is 17.3 Å². The molecule has 1 N–H and O–H groups in total. The number of hydrogen-bond acceptors (Lipinski definition) is 3. The van der Waals surface area contributed by atoms with E-state index in [0.29, 0.717) is 13.2 Å². The number of nitrogens with one attached hydrogen (secondary N) is 1. The van der Waals surface area contributed by atoms with Crippen molar-refractivity contribution in [2.24, 2.45) is 0 Å². The lowest BCUT2D eigenvalue weighted by atomic mass is 10.0. The third kappa shape index (κ3) is 2.08. The van der Waals surface area contributed by atoms with E-state index in [1.165, 1.54) is 0 Å². The molecule has 86 valence electrons. The molecule has 1 unspecified atom stereocenters. The van der Waals surface area contributed by atoms with E-state index in [1.54, 1.807) is 7.11 Å². The molecule has 2 aliphatic rings. The van der Waals surface area contributed by atoms with Crippen molar-refractivity contribution in [3.63, 3.8) is 0 Å². The number of carbonyl (C=O) groups excluding carboxylic acids is 1. The van der Waals surface area contributed by atoms with Crippen LogP contribution >= 0.6 is 0 Å². The average Bonchev–Trinajstić information content (AvgIpc) is 2.68. The van der Waals surface area contributed by atoms with Crippen molar-refractivity contribution in [2.45, 2.75) is 12.0 Å². The number of nitrogens with zero attached hydrogens (tertiary/aromatic N) is 2. The zero-order valence-electron chi connectivity index (χ0n) is 9.45. The molecule has 0 radical (unpaired) electrons. The van der Waals surface area contributed by atoms with Crippen LogP contribution in [-0.4, -0.2) is 68.3 Å². The molecular formula is C10H19N3O2. The van der Waals surface area contributed by atoms with Crippen molar-refractivity contribution in [2.75, 3.05) is 46.9 Å². The summed E-state index contributed by atoms with van der Waals surface area (Å²) in [6, 6.07) is 0.0577. The molecule has 1 spiro atoms. The Bertz CT molecular complexity index is 259. The lowest BCUT2D eigenvalue weighted by Gasteiger charge is -2.22. The van der Waals surface area contributed by atoms with Crippen molar-refractivity contribution < 1.29 is 9.53 Å². The van der Waals surface area contributed by atoms with Crippen molar-refractivity contribution in [3.05, 3.63) is 0 Å². The molecule has 0 aromatic heterocycles. The van der Waals surface area contributed by atoms with Gasteiger partial charge in [-0.15, -0.1) is 0 Å². The number of rotatable bonds is 3.